The summed E-state index contributed by atoms with van der Waals surface area (Å²) in [5.74, 6) is -0.247. The van der Waals surface area contributed by atoms with Crippen molar-refractivity contribution in [3.63, 3.8) is 0 Å². The molecular weight excluding hydrogens is 377 g/mol. The van der Waals surface area contributed by atoms with Gasteiger partial charge in [0.15, 0.2) is 11.5 Å². The van der Waals surface area contributed by atoms with Crippen molar-refractivity contribution in [3.05, 3.63) is 83.4 Å². The summed E-state index contributed by atoms with van der Waals surface area (Å²) in [6, 6.07) is 15.7. The van der Waals surface area contributed by atoms with Gasteiger partial charge in [0.25, 0.3) is 11.8 Å². The van der Waals surface area contributed by atoms with E-state index >= 15 is 0 Å². The van der Waals surface area contributed by atoms with Crippen LogP contribution in [0.25, 0.3) is 0 Å². The number of pyridine rings is 1. The molecule has 1 aromatic heterocycles. The summed E-state index contributed by atoms with van der Waals surface area (Å²) in [6.07, 6.45) is 0. The molecule has 2 aromatic carbocycles. The average molecular weight is 393 g/mol. The Hall–Kier alpha value is -3.94. The molecule has 0 unspecified atom stereocenters. The van der Waals surface area contributed by atoms with Crippen LogP contribution in [0.4, 0.5) is 10.1 Å². The molecule has 3 aromatic rings. The van der Waals surface area contributed by atoms with Gasteiger partial charge in [-0.15, -0.1) is 0 Å². The van der Waals surface area contributed by atoms with Crippen molar-refractivity contribution in [3.8, 4) is 11.5 Å². The summed E-state index contributed by atoms with van der Waals surface area (Å²) in [6.45, 7) is 0.152. The molecule has 0 atom stereocenters. The lowest BCUT2D eigenvalue weighted by Gasteiger charge is -2.08. The van der Waals surface area contributed by atoms with Crippen LogP contribution in [0.5, 0.6) is 11.5 Å². The maximum Gasteiger partial charge on any atom is 0.274 e. The Kier molecular flexibility index (Phi) is 5.07. The molecule has 146 valence electrons. The molecule has 0 bridgehead atoms. The Morgan fingerprint density at radius 2 is 1.69 bits per heavy atom. The standard InChI is InChI=1S/C21H16FN3O4/c22-15-5-2-1-4-13(15)11-23-20(26)16-6-3-7-17(25-16)21(27)24-14-8-9-18-19(10-14)29-12-28-18/h1-10H,11-12H2,(H,23,26)(H,24,27). The van der Waals surface area contributed by atoms with Crippen LogP contribution >= 0.6 is 0 Å². The highest BCUT2D eigenvalue weighted by molar-refractivity contribution is 6.04. The first kappa shape index (κ1) is 18.4. The van der Waals surface area contributed by atoms with Gasteiger partial charge in [0, 0.05) is 23.9 Å². The van der Waals surface area contributed by atoms with E-state index in [1.165, 1.54) is 18.2 Å². The van der Waals surface area contributed by atoms with E-state index in [2.05, 4.69) is 15.6 Å². The monoisotopic (exact) mass is 393 g/mol. The van der Waals surface area contributed by atoms with Gasteiger partial charge in [-0.25, -0.2) is 9.37 Å². The fourth-order valence-corrected chi connectivity index (χ4v) is 2.76. The number of amides is 2. The van der Waals surface area contributed by atoms with E-state index in [9.17, 15) is 14.0 Å². The third-order valence-corrected chi connectivity index (χ3v) is 4.24. The van der Waals surface area contributed by atoms with Gasteiger partial charge in [-0.3, -0.25) is 9.59 Å². The van der Waals surface area contributed by atoms with Gasteiger partial charge >= 0.3 is 0 Å². The summed E-state index contributed by atoms with van der Waals surface area (Å²) >= 11 is 0. The molecule has 4 rings (SSSR count). The number of nitrogens with one attached hydrogen (secondary N) is 2. The normalized spacial score (nSPS) is 11.8. The molecular formula is C21H16FN3O4. The van der Waals surface area contributed by atoms with Crippen LogP contribution in [0.2, 0.25) is 0 Å². The van der Waals surface area contributed by atoms with Gasteiger partial charge in [-0.2, -0.15) is 0 Å². The van der Waals surface area contributed by atoms with E-state index in [0.717, 1.165) is 0 Å². The first-order valence-corrected chi connectivity index (χ1v) is 8.80. The van der Waals surface area contributed by atoms with Crippen molar-refractivity contribution >= 4 is 17.5 Å². The lowest BCUT2D eigenvalue weighted by molar-refractivity contribution is 0.0945. The number of nitrogens with zero attached hydrogens (tertiary/aromatic N) is 1. The largest absolute Gasteiger partial charge is 0.454 e. The molecule has 0 spiro atoms. The lowest BCUT2D eigenvalue weighted by atomic mass is 10.2. The highest BCUT2D eigenvalue weighted by Gasteiger charge is 2.16. The molecule has 0 saturated carbocycles. The molecule has 2 N–H and O–H groups in total. The van der Waals surface area contributed by atoms with E-state index < -0.39 is 17.6 Å². The molecule has 0 fully saturated rings. The first-order chi connectivity index (χ1) is 14.1. The molecule has 29 heavy (non-hydrogen) atoms. The van der Waals surface area contributed by atoms with E-state index in [0.29, 0.717) is 22.7 Å². The van der Waals surface area contributed by atoms with Crippen LogP contribution in [0.15, 0.2) is 60.7 Å². The number of benzene rings is 2. The van der Waals surface area contributed by atoms with Crippen LogP contribution in [0, 0.1) is 5.82 Å². The topological polar surface area (TPSA) is 89.6 Å². The van der Waals surface area contributed by atoms with Gasteiger partial charge in [0.05, 0.1) is 0 Å². The summed E-state index contributed by atoms with van der Waals surface area (Å²) in [5, 5.41) is 5.30. The quantitative estimate of drug-likeness (QED) is 0.695. The molecule has 2 heterocycles. The number of fused-ring (bicyclic) bond motifs is 1. The highest BCUT2D eigenvalue weighted by atomic mass is 19.1. The number of carbonyl (C=O) groups is 2. The van der Waals surface area contributed by atoms with Gasteiger partial charge in [-0.1, -0.05) is 24.3 Å². The SMILES string of the molecule is O=C(NCc1ccccc1F)c1cccc(C(=O)Nc2ccc3c(c2)OCO3)n1. The highest BCUT2D eigenvalue weighted by Crippen LogP contribution is 2.34. The predicted octanol–water partition coefficient (Wildman–Crippen LogP) is 3.13. The molecule has 1 aliphatic heterocycles. The number of hydrogen-bond acceptors (Lipinski definition) is 5. The summed E-state index contributed by atoms with van der Waals surface area (Å²) in [7, 11) is 0. The number of anilines is 1. The van der Waals surface area contributed by atoms with Gasteiger partial charge in [0.2, 0.25) is 6.79 Å². The van der Waals surface area contributed by atoms with Gasteiger partial charge < -0.3 is 20.1 Å². The van der Waals surface area contributed by atoms with Crippen LogP contribution < -0.4 is 20.1 Å². The number of aromatic nitrogens is 1. The summed E-state index contributed by atoms with van der Waals surface area (Å²) < 4.78 is 24.2. The minimum Gasteiger partial charge on any atom is -0.454 e. The maximum atomic E-state index is 13.7. The minimum atomic E-state index is -0.508. The Bertz CT molecular complexity index is 1090. The fraction of sp³-hybridized carbons (Fsp3) is 0.0952. The fourth-order valence-electron chi connectivity index (χ4n) is 2.76. The van der Waals surface area contributed by atoms with Crippen molar-refractivity contribution < 1.29 is 23.5 Å². The molecule has 2 amide bonds. The number of ether oxygens (including phenoxy) is 2. The molecule has 1 aliphatic rings. The van der Waals surface area contributed by atoms with Crippen molar-refractivity contribution in [2.75, 3.05) is 12.1 Å². The third kappa shape index (κ3) is 4.16. The zero-order valence-corrected chi connectivity index (χ0v) is 15.1. The predicted molar refractivity (Wildman–Crippen MR) is 102 cm³/mol. The van der Waals surface area contributed by atoms with Crippen LogP contribution in [-0.2, 0) is 6.54 Å². The van der Waals surface area contributed by atoms with Crippen LogP contribution in [0.1, 0.15) is 26.5 Å². The molecule has 0 saturated heterocycles. The summed E-state index contributed by atoms with van der Waals surface area (Å²) in [5.41, 5.74) is 0.994. The Morgan fingerprint density at radius 1 is 0.931 bits per heavy atom. The Morgan fingerprint density at radius 3 is 2.52 bits per heavy atom. The van der Waals surface area contributed by atoms with Gasteiger partial charge in [0.1, 0.15) is 17.2 Å². The third-order valence-electron chi connectivity index (χ3n) is 4.24. The number of hydrogen-bond donors (Lipinski definition) is 2. The Balaban J connectivity index is 1.43. The number of rotatable bonds is 5. The zero-order valence-electron chi connectivity index (χ0n) is 15.1. The smallest absolute Gasteiger partial charge is 0.274 e. The van der Waals surface area contributed by atoms with E-state index in [1.54, 1.807) is 42.5 Å². The second-order valence-electron chi connectivity index (χ2n) is 6.20. The molecule has 8 heteroatoms. The molecule has 0 aliphatic carbocycles. The Labute approximate surface area is 165 Å². The molecule has 7 nitrogen and oxygen atoms in total. The number of carbonyl (C=O) groups excluding carboxylic acids is 2. The van der Waals surface area contributed by atoms with E-state index in [4.69, 9.17) is 9.47 Å². The van der Waals surface area contributed by atoms with Crippen molar-refractivity contribution in [2.45, 2.75) is 6.54 Å². The van der Waals surface area contributed by atoms with Gasteiger partial charge in [-0.05, 0) is 30.3 Å². The second-order valence-corrected chi connectivity index (χ2v) is 6.20. The summed E-state index contributed by atoms with van der Waals surface area (Å²) in [4.78, 5) is 28.9. The van der Waals surface area contributed by atoms with Crippen molar-refractivity contribution in [1.29, 1.82) is 0 Å². The van der Waals surface area contributed by atoms with Crippen LogP contribution in [-0.4, -0.2) is 23.6 Å². The van der Waals surface area contributed by atoms with Crippen molar-refractivity contribution in [1.82, 2.24) is 10.3 Å². The van der Waals surface area contributed by atoms with E-state index in [1.807, 2.05) is 0 Å². The van der Waals surface area contributed by atoms with Crippen LogP contribution in [0.3, 0.4) is 0 Å². The lowest BCUT2D eigenvalue weighted by Crippen LogP contribution is -2.25. The zero-order chi connectivity index (χ0) is 20.2. The maximum absolute atomic E-state index is 13.7. The number of halogens is 1. The minimum absolute atomic E-state index is 0.0147. The molecule has 0 radical (unpaired) electrons. The second kappa shape index (κ2) is 7.97. The van der Waals surface area contributed by atoms with E-state index in [-0.39, 0.29) is 24.7 Å². The first-order valence-electron chi connectivity index (χ1n) is 8.80. The average Bonchev–Trinajstić information content (AvgIpc) is 3.21. The van der Waals surface area contributed by atoms with Crippen molar-refractivity contribution in [2.24, 2.45) is 0 Å².